The lowest BCUT2D eigenvalue weighted by Gasteiger charge is -2.25. The Morgan fingerprint density at radius 3 is 2.28 bits per heavy atom. The fourth-order valence-electron chi connectivity index (χ4n) is 3.74. The predicted octanol–water partition coefficient (Wildman–Crippen LogP) is 1.40. The summed E-state index contributed by atoms with van der Waals surface area (Å²) in [4.78, 5) is 53.4. The summed E-state index contributed by atoms with van der Waals surface area (Å²) in [5.41, 5.74) is 7.64. The number of rotatable bonds is 14. The second kappa shape index (κ2) is 13.9. The number of para-hydroxylation sites is 1. The highest BCUT2D eigenvalue weighted by Crippen LogP contribution is 2.19. The number of aromatic amines is 1. The Morgan fingerprint density at radius 2 is 1.64 bits per heavy atom. The van der Waals surface area contributed by atoms with E-state index in [1.807, 2.05) is 44.4 Å². The van der Waals surface area contributed by atoms with Gasteiger partial charge in [0.25, 0.3) is 0 Å². The molecule has 0 radical (unpaired) electrons. The number of carboxylic acid groups (broad SMARTS) is 1. The van der Waals surface area contributed by atoms with E-state index < -0.39 is 47.9 Å². The van der Waals surface area contributed by atoms with Gasteiger partial charge in [-0.2, -0.15) is 11.8 Å². The van der Waals surface area contributed by atoms with E-state index in [-0.39, 0.29) is 12.3 Å². The first-order chi connectivity index (χ1) is 17.0. The van der Waals surface area contributed by atoms with E-state index >= 15 is 0 Å². The van der Waals surface area contributed by atoms with Gasteiger partial charge in [0.1, 0.15) is 18.1 Å². The zero-order valence-corrected chi connectivity index (χ0v) is 22.0. The summed E-state index contributed by atoms with van der Waals surface area (Å²) < 4.78 is 0. The lowest BCUT2D eigenvalue weighted by molar-refractivity contribution is -0.141. The lowest BCUT2D eigenvalue weighted by atomic mass is 10.00. The largest absolute Gasteiger partial charge is 0.480 e. The Bertz CT molecular complexity index is 1060. The zero-order valence-electron chi connectivity index (χ0n) is 21.2. The van der Waals surface area contributed by atoms with Crippen LogP contribution >= 0.6 is 11.8 Å². The zero-order chi connectivity index (χ0) is 26.8. The molecule has 0 spiro atoms. The van der Waals surface area contributed by atoms with Gasteiger partial charge in [0, 0.05) is 23.5 Å². The van der Waals surface area contributed by atoms with Crippen molar-refractivity contribution >= 4 is 46.4 Å². The van der Waals surface area contributed by atoms with Crippen molar-refractivity contribution in [3.63, 3.8) is 0 Å². The van der Waals surface area contributed by atoms with E-state index in [4.69, 9.17) is 5.73 Å². The minimum absolute atomic E-state index is 0.0800. The standard InChI is InChI=1S/C25H37N5O5S/c1-14(2)11-20(29-22(31)18(26)9-10-36-4)24(33)30-21(23(32)28-15(3)25(34)35)12-16-13-27-19-8-6-5-7-17(16)19/h5-8,13-15,18,20-21,27H,9-12,26H2,1-4H3,(H,28,32)(H,29,31)(H,30,33)(H,34,35). The van der Waals surface area contributed by atoms with E-state index in [2.05, 4.69) is 20.9 Å². The molecule has 36 heavy (non-hydrogen) atoms. The topological polar surface area (TPSA) is 166 Å². The molecule has 0 fully saturated rings. The molecule has 0 aliphatic heterocycles. The highest BCUT2D eigenvalue weighted by atomic mass is 32.2. The minimum Gasteiger partial charge on any atom is -0.480 e. The van der Waals surface area contributed by atoms with Crippen LogP contribution in [-0.4, -0.2) is 70.0 Å². The maximum atomic E-state index is 13.3. The molecule has 2 rings (SSSR count). The van der Waals surface area contributed by atoms with Gasteiger partial charge in [0.2, 0.25) is 17.7 Å². The van der Waals surface area contributed by atoms with Crippen LogP contribution in [0, 0.1) is 5.92 Å². The third-order valence-electron chi connectivity index (χ3n) is 5.77. The molecule has 2 aromatic rings. The number of carboxylic acids is 1. The monoisotopic (exact) mass is 519 g/mol. The van der Waals surface area contributed by atoms with E-state index in [0.717, 1.165) is 16.5 Å². The molecule has 7 N–H and O–H groups in total. The Hall–Kier alpha value is -3.05. The molecule has 1 heterocycles. The molecule has 4 unspecified atom stereocenters. The number of nitrogens with two attached hydrogens (primary N) is 1. The second-order valence-electron chi connectivity index (χ2n) is 9.27. The van der Waals surface area contributed by atoms with Crippen molar-refractivity contribution in [2.45, 2.75) is 64.2 Å². The highest BCUT2D eigenvalue weighted by molar-refractivity contribution is 7.98. The van der Waals surface area contributed by atoms with Crippen LogP contribution in [0.4, 0.5) is 0 Å². The van der Waals surface area contributed by atoms with Gasteiger partial charge in [-0.3, -0.25) is 19.2 Å². The molecule has 0 aliphatic rings. The third-order valence-corrected chi connectivity index (χ3v) is 6.41. The van der Waals surface area contributed by atoms with Crippen LogP contribution in [0.3, 0.4) is 0 Å². The number of aromatic nitrogens is 1. The third kappa shape index (κ3) is 8.56. The molecule has 1 aromatic heterocycles. The van der Waals surface area contributed by atoms with Crippen molar-refractivity contribution in [1.29, 1.82) is 0 Å². The summed E-state index contributed by atoms with van der Waals surface area (Å²) in [6.07, 6.45) is 4.63. The minimum atomic E-state index is -1.19. The first-order valence-electron chi connectivity index (χ1n) is 12.0. The summed E-state index contributed by atoms with van der Waals surface area (Å²) in [5, 5.41) is 18.0. The smallest absolute Gasteiger partial charge is 0.325 e. The van der Waals surface area contributed by atoms with Crippen LogP contribution < -0.4 is 21.7 Å². The molecule has 0 saturated carbocycles. The number of aliphatic carboxylic acids is 1. The number of amides is 3. The fourth-order valence-corrected chi connectivity index (χ4v) is 4.22. The summed E-state index contributed by atoms with van der Waals surface area (Å²) in [5.74, 6) is -1.99. The molecule has 1 aromatic carbocycles. The molecule has 0 bridgehead atoms. The SMILES string of the molecule is CSCCC(N)C(=O)NC(CC(C)C)C(=O)NC(Cc1c[nH]c2ccccc12)C(=O)NC(C)C(=O)O. The molecule has 198 valence electrons. The first kappa shape index (κ1) is 29.2. The van der Waals surface area contributed by atoms with Crippen LogP contribution in [0.5, 0.6) is 0 Å². The average molecular weight is 520 g/mol. The molecular formula is C25H37N5O5S. The van der Waals surface area contributed by atoms with Gasteiger partial charge in [0.15, 0.2) is 0 Å². The fraction of sp³-hybridized carbons (Fsp3) is 0.520. The van der Waals surface area contributed by atoms with E-state index in [9.17, 15) is 24.3 Å². The van der Waals surface area contributed by atoms with Gasteiger partial charge in [-0.05, 0) is 49.3 Å². The Labute approximate surface area is 215 Å². The highest BCUT2D eigenvalue weighted by Gasteiger charge is 2.30. The number of nitrogens with one attached hydrogen (secondary N) is 4. The van der Waals surface area contributed by atoms with Gasteiger partial charge in [-0.25, -0.2) is 0 Å². The number of hydrogen-bond acceptors (Lipinski definition) is 6. The van der Waals surface area contributed by atoms with Crippen molar-refractivity contribution in [2.24, 2.45) is 11.7 Å². The summed E-state index contributed by atoms with van der Waals surface area (Å²) >= 11 is 1.58. The van der Waals surface area contributed by atoms with Gasteiger partial charge < -0.3 is 31.8 Å². The molecular weight excluding hydrogens is 482 g/mol. The molecule has 0 saturated heterocycles. The normalized spacial score (nSPS) is 14.6. The quantitative estimate of drug-likeness (QED) is 0.219. The van der Waals surface area contributed by atoms with E-state index in [1.54, 1.807) is 18.0 Å². The van der Waals surface area contributed by atoms with Gasteiger partial charge >= 0.3 is 5.97 Å². The van der Waals surface area contributed by atoms with E-state index in [1.165, 1.54) is 6.92 Å². The first-order valence-corrected chi connectivity index (χ1v) is 13.4. The van der Waals surface area contributed by atoms with Gasteiger partial charge in [-0.15, -0.1) is 0 Å². The molecule has 0 aliphatic carbocycles. The van der Waals surface area contributed by atoms with Crippen molar-refractivity contribution in [1.82, 2.24) is 20.9 Å². The van der Waals surface area contributed by atoms with E-state index in [0.29, 0.717) is 18.6 Å². The number of hydrogen-bond donors (Lipinski definition) is 6. The summed E-state index contributed by atoms with van der Waals surface area (Å²) in [6, 6.07) is 3.70. The van der Waals surface area contributed by atoms with Crippen molar-refractivity contribution < 1.29 is 24.3 Å². The Balaban J connectivity index is 2.25. The van der Waals surface area contributed by atoms with Crippen LogP contribution in [0.2, 0.25) is 0 Å². The number of carbonyl (C=O) groups excluding carboxylic acids is 3. The van der Waals surface area contributed by atoms with Crippen LogP contribution in [-0.2, 0) is 25.6 Å². The van der Waals surface area contributed by atoms with Crippen molar-refractivity contribution in [2.75, 3.05) is 12.0 Å². The number of thioether (sulfide) groups is 1. The lowest BCUT2D eigenvalue weighted by Crippen LogP contribution is -2.57. The molecule has 10 nitrogen and oxygen atoms in total. The molecule has 3 amide bonds. The second-order valence-corrected chi connectivity index (χ2v) is 10.3. The van der Waals surface area contributed by atoms with Crippen molar-refractivity contribution in [3.05, 3.63) is 36.0 Å². The predicted molar refractivity (Wildman–Crippen MR) is 142 cm³/mol. The average Bonchev–Trinajstić information content (AvgIpc) is 3.23. The van der Waals surface area contributed by atoms with Crippen molar-refractivity contribution in [3.8, 4) is 0 Å². The van der Waals surface area contributed by atoms with Crippen LogP contribution in [0.25, 0.3) is 10.9 Å². The summed E-state index contributed by atoms with van der Waals surface area (Å²) in [7, 11) is 0. The molecule has 11 heteroatoms. The number of benzene rings is 1. The number of fused-ring (bicyclic) bond motifs is 1. The van der Waals surface area contributed by atoms with Gasteiger partial charge in [-0.1, -0.05) is 32.0 Å². The van der Waals surface area contributed by atoms with Crippen LogP contribution in [0.15, 0.2) is 30.5 Å². The summed E-state index contributed by atoms with van der Waals surface area (Å²) in [6.45, 7) is 5.19. The number of carbonyl (C=O) groups is 4. The number of H-pyrrole nitrogens is 1. The Morgan fingerprint density at radius 1 is 1.00 bits per heavy atom. The maximum Gasteiger partial charge on any atom is 0.325 e. The maximum absolute atomic E-state index is 13.3. The van der Waals surface area contributed by atoms with Crippen LogP contribution in [0.1, 0.15) is 39.2 Å². The molecule has 4 atom stereocenters. The van der Waals surface area contributed by atoms with Gasteiger partial charge in [0.05, 0.1) is 6.04 Å². The Kier molecular flexibility index (Phi) is 11.3.